The Bertz CT molecular complexity index is 1220. The van der Waals surface area contributed by atoms with Crippen molar-refractivity contribution < 1.29 is 28.4 Å². The van der Waals surface area contributed by atoms with E-state index in [-0.39, 0.29) is 0 Å². The van der Waals surface area contributed by atoms with Crippen molar-refractivity contribution in [3.63, 3.8) is 0 Å². The lowest BCUT2D eigenvalue weighted by atomic mass is 10.1. The summed E-state index contributed by atoms with van der Waals surface area (Å²) in [7, 11) is 0. The summed E-state index contributed by atoms with van der Waals surface area (Å²) in [6, 6.07) is 24.3. The van der Waals surface area contributed by atoms with Gasteiger partial charge in [-0.3, -0.25) is 0 Å². The quantitative estimate of drug-likeness (QED) is 0.176. The molecule has 6 heteroatoms. The molecule has 4 aromatic carbocycles. The van der Waals surface area contributed by atoms with Crippen molar-refractivity contribution in [2.45, 2.75) is 25.0 Å². The van der Waals surface area contributed by atoms with E-state index in [4.69, 9.17) is 28.4 Å². The highest BCUT2D eigenvalue weighted by molar-refractivity contribution is 5.90. The van der Waals surface area contributed by atoms with Crippen LogP contribution >= 0.6 is 0 Å². The van der Waals surface area contributed by atoms with Gasteiger partial charge in [0, 0.05) is 23.6 Å². The molecule has 0 spiro atoms. The Morgan fingerprint density at radius 1 is 0.556 bits per heavy atom. The molecule has 4 aromatic rings. The molecule has 2 atom stereocenters. The van der Waals surface area contributed by atoms with Crippen molar-refractivity contribution in [1.82, 2.24) is 0 Å². The predicted molar refractivity (Wildman–Crippen MR) is 139 cm³/mol. The van der Waals surface area contributed by atoms with Gasteiger partial charge in [0.25, 0.3) is 0 Å². The standard InChI is InChI=1S/C30H30O6/c1-3-21-17-23(7-9-27(21)29(5-1)33-13-11-25-19-35-25)31-15-16-32-24-8-10-28-22(18-24)4-2-6-30(28)34-14-12-26-20-36-26/h1-10,17-18,25-26H,11-16,19-20H2. The molecule has 6 rings (SSSR count). The Morgan fingerprint density at radius 3 is 1.47 bits per heavy atom. The van der Waals surface area contributed by atoms with Gasteiger partial charge in [-0.2, -0.15) is 0 Å². The van der Waals surface area contributed by atoms with Crippen LogP contribution in [-0.2, 0) is 9.47 Å². The normalized spacial score (nSPS) is 18.2. The van der Waals surface area contributed by atoms with E-state index in [9.17, 15) is 0 Å². The monoisotopic (exact) mass is 486 g/mol. The van der Waals surface area contributed by atoms with E-state index in [0.717, 1.165) is 70.6 Å². The highest BCUT2D eigenvalue weighted by atomic mass is 16.6. The summed E-state index contributed by atoms with van der Waals surface area (Å²) < 4.78 is 34.4. The van der Waals surface area contributed by atoms with Crippen LogP contribution in [0, 0.1) is 0 Å². The molecule has 2 unspecified atom stereocenters. The van der Waals surface area contributed by atoms with E-state index in [1.54, 1.807) is 0 Å². The van der Waals surface area contributed by atoms with Crippen LogP contribution in [0.3, 0.4) is 0 Å². The molecule has 6 nitrogen and oxygen atoms in total. The molecule has 0 saturated carbocycles. The first-order valence-corrected chi connectivity index (χ1v) is 12.6. The van der Waals surface area contributed by atoms with Crippen LogP contribution in [0.1, 0.15) is 12.8 Å². The largest absolute Gasteiger partial charge is 0.493 e. The van der Waals surface area contributed by atoms with Gasteiger partial charge < -0.3 is 28.4 Å². The second-order valence-corrected chi connectivity index (χ2v) is 9.16. The third-order valence-corrected chi connectivity index (χ3v) is 6.44. The van der Waals surface area contributed by atoms with Gasteiger partial charge in [-0.15, -0.1) is 0 Å². The number of benzene rings is 4. The molecule has 2 saturated heterocycles. The Kier molecular flexibility index (Phi) is 6.79. The van der Waals surface area contributed by atoms with E-state index in [0.29, 0.717) is 38.6 Å². The molecule has 2 heterocycles. The summed E-state index contributed by atoms with van der Waals surface area (Å²) in [5.41, 5.74) is 0. The van der Waals surface area contributed by atoms with Crippen LogP contribution in [0.4, 0.5) is 0 Å². The highest BCUT2D eigenvalue weighted by Gasteiger charge is 2.22. The summed E-state index contributed by atoms with van der Waals surface area (Å²) in [5, 5.41) is 4.34. The average molecular weight is 487 g/mol. The van der Waals surface area contributed by atoms with E-state index in [2.05, 4.69) is 24.3 Å². The van der Waals surface area contributed by atoms with Gasteiger partial charge in [0.15, 0.2) is 0 Å². The zero-order chi connectivity index (χ0) is 24.2. The lowest BCUT2D eigenvalue weighted by Gasteiger charge is -2.12. The molecule has 2 aliphatic rings. The molecule has 0 N–H and O–H groups in total. The Morgan fingerprint density at radius 2 is 1.03 bits per heavy atom. The third kappa shape index (κ3) is 5.83. The van der Waals surface area contributed by atoms with Gasteiger partial charge in [-0.25, -0.2) is 0 Å². The topological polar surface area (TPSA) is 62.0 Å². The van der Waals surface area contributed by atoms with E-state index in [1.165, 1.54) is 0 Å². The van der Waals surface area contributed by atoms with Crippen LogP contribution in [0.5, 0.6) is 23.0 Å². The van der Waals surface area contributed by atoms with E-state index in [1.807, 2.05) is 48.5 Å². The van der Waals surface area contributed by atoms with Gasteiger partial charge >= 0.3 is 0 Å². The van der Waals surface area contributed by atoms with Crippen molar-refractivity contribution in [2.24, 2.45) is 0 Å². The van der Waals surface area contributed by atoms with Crippen molar-refractivity contribution in [3.05, 3.63) is 72.8 Å². The fraction of sp³-hybridized carbons (Fsp3) is 0.333. The molecule has 0 amide bonds. The molecule has 0 bridgehead atoms. The minimum absolute atomic E-state index is 0.376. The molecule has 186 valence electrons. The molecule has 2 fully saturated rings. The maximum absolute atomic E-state index is 5.97. The van der Waals surface area contributed by atoms with Gasteiger partial charge in [0.1, 0.15) is 36.2 Å². The minimum Gasteiger partial charge on any atom is -0.493 e. The Labute approximate surface area is 210 Å². The van der Waals surface area contributed by atoms with Crippen molar-refractivity contribution in [3.8, 4) is 23.0 Å². The molecule has 36 heavy (non-hydrogen) atoms. The first-order valence-electron chi connectivity index (χ1n) is 12.6. The fourth-order valence-corrected chi connectivity index (χ4v) is 4.28. The minimum atomic E-state index is 0.376. The van der Waals surface area contributed by atoms with E-state index >= 15 is 0 Å². The summed E-state index contributed by atoms with van der Waals surface area (Å²) >= 11 is 0. The third-order valence-electron chi connectivity index (χ3n) is 6.44. The maximum atomic E-state index is 5.97. The van der Waals surface area contributed by atoms with Crippen molar-refractivity contribution >= 4 is 21.5 Å². The van der Waals surface area contributed by atoms with Crippen LogP contribution in [0.25, 0.3) is 21.5 Å². The Hall–Kier alpha value is -3.48. The maximum Gasteiger partial charge on any atom is 0.127 e. The highest BCUT2D eigenvalue weighted by Crippen LogP contribution is 2.31. The summed E-state index contributed by atoms with van der Waals surface area (Å²) in [6.45, 7) is 3.95. The summed E-state index contributed by atoms with van der Waals surface area (Å²) in [5.74, 6) is 3.41. The van der Waals surface area contributed by atoms with Crippen LogP contribution in [0.2, 0.25) is 0 Å². The molecule has 0 aromatic heterocycles. The van der Waals surface area contributed by atoms with Gasteiger partial charge in [-0.05, 0) is 59.3 Å². The molecule has 0 radical (unpaired) electrons. The molecular weight excluding hydrogens is 456 g/mol. The predicted octanol–water partition coefficient (Wildman–Crippen LogP) is 5.79. The van der Waals surface area contributed by atoms with Gasteiger partial charge in [0.05, 0.1) is 38.6 Å². The van der Waals surface area contributed by atoms with Crippen molar-refractivity contribution in [2.75, 3.05) is 39.6 Å². The van der Waals surface area contributed by atoms with Gasteiger partial charge in [0.2, 0.25) is 0 Å². The molecule has 2 aliphatic heterocycles. The number of hydrogen-bond donors (Lipinski definition) is 0. The Balaban J connectivity index is 1.01. The van der Waals surface area contributed by atoms with Crippen molar-refractivity contribution in [1.29, 1.82) is 0 Å². The average Bonchev–Trinajstić information content (AvgIpc) is 3.83. The first-order chi connectivity index (χ1) is 17.8. The smallest absolute Gasteiger partial charge is 0.127 e. The zero-order valence-corrected chi connectivity index (χ0v) is 20.2. The zero-order valence-electron chi connectivity index (χ0n) is 20.2. The lowest BCUT2D eigenvalue weighted by molar-refractivity contribution is 0.217. The number of ether oxygens (including phenoxy) is 6. The lowest BCUT2D eigenvalue weighted by Crippen LogP contribution is -2.09. The number of fused-ring (bicyclic) bond motifs is 2. The number of epoxide rings is 2. The van der Waals surface area contributed by atoms with Crippen LogP contribution in [-0.4, -0.2) is 51.8 Å². The molecule has 0 aliphatic carbocycles. The second kappa shape index (κ2) is 10.6. The number of rotatable bonds is 13. The van der Waals surface area contributed by atoms with Crippen LogP contribution < -0.4 is 18.9 Å². The SMILES string of the molecule is c1cc(OCCC2CO2)c2ccc(OCCOc3ccc4c(OCCC5CO5)cccc4c3)cc2c1. The first kappa shape index (κ1) is 23.0. The van der Waals surface area contributed by atoms with E-state index < -0.39 is 0 Å². The fourth-order valence-electron chi connectivity index (χ4n) is 4.28. The summed E-state index contributed by atoms with van der Waals surface area (Å²) in [4.78, 5) is 0. The second-order valence-electron chi connectivity index (χ2n) is 9.16. The number of hydrogen-bond acceptors (Lipinski definition) is 6. The van der Waals surface area contributed by atoms with Crippen LogP contribution in [0.15, 0.2) is 72.8 Å². The summed E-state index contributed by atoms with van der Waals surface area (Å²) in [6.07, 6.45) is 2.61. The van der Waals surface area contributed by atoms with Gasteiger partial charge in [-0.1, -0.05) is 24.3 Å². The molecular formula is C30H30O6.